The van der Waals surface area contributed by atoms with Gasteiger partial charge in [-0.25, -0.2) is 0 Å². The Hall–Kier alpha value is -3.38. The number of para-hydroxylation sites is 1. The average molecular weight is 438 g/mol. The lowest BCUT2D eigenvalue weighted by atomic mass is 10.1. The Labute approximate surface area is 186 Å². The normalized spacial score (nSPS) is 11.4. The van der Waals surface area contributed by atoms with E-state index in [0.29, 0.717) is 17.3 Å². The van der Waals surface area contributed by atoms with Gasteiger partial charge >= 0.3 is 0 Å². The highest BCUT2D eigenvalue weighted by atomic mass is 35.5. The van der Waals surface area contributed by atoms with E-state index >= 15 is 0 Å². The monoisotopic (exact) mass is 437 g/mol. The van der Waals surface area contributed by atoms with Gasteiger partial charge in [-0.2, -0.15) is 0 Å². The van der Waals surface area contributed by atoms with Crippen LogP contribution in [0.25, 0.3) is 0 Å². The third-order valence-corrected chi connectivity index (χ3v) is 4.98. The molecule has 160 valence electrons. The molecule has 0 bridgehead atoms. The first-order valence-electron chi connectivity index (χ1n) is 9.91. The van der Waals surface area contributed by atoms with Gasteiger partial charge in [-0.3, -0.25) is 14.6 Å². The topological polar surface area (TPSA) is 71.5 Å². The number of amides is 2. The third kappa shape index (κ3) is 6.83. The summed E-state index contributed by atoms with van der Waals surface area (Å²) in [6, 6.07) is 19.3. The number of benzene rings is 2. The van der Waals surface area contributed by atoms with Crippen LogP contribution in [-0.2, 0) is 22.7 Å². The van der Waals surface area contributed by atoms with Gasteiger partial charge in [0.05, 0.1) is 0 Å². The van der Waals surface area contributed by atoms with Crippen molar-refractivity contribution in [3.63, 3.8) is 0 Å². The van der Waals surface area contributed by atoms with Crippen molar-refractivity contribution in [2.45, 2.75) is 26.1 Å². The summed E-state index contributed by atoms with van der Waals surface area (Å²) in [6.07, 6.45) is 3.36. The standard InChI is InChI=1S/C24H24ClN3O3/c1-18(24(30)27-15-20-6-5-13-26-14-20)28(16-19-9-11-21(25)12-10-19)23(29)17-31-22-7-3-2-4-8-22/h2-14,18H,15-17H2,1H3,(H,27,30)/t18-/m0/s1. The minimum Gasteiger partial charge on any atom is -0.484 e. The first-order chi connectivity index (χ1) is 15.0. The van der Waals surface area contributed by atoms with Crippen molar-refractivity contribution in [2.24, 2.45) is 0 Å². The van der Waals surface area contributed by atoms with Crippen LogP contribution in [0.3, 0.4) is 0 Å². The molecule has 6 nitrogen and oxygen atoms in total. The van der Waals surface area contributed by atoms with Gasteiger partial charge in [-0.15, -0.1) is 0 Å². The maximum atomic E-state index is 13.0. The second kappa shape index (κ2) is 11.1. The van der Waals surface area contributed by atoms with Crippen molar-refractivity contribution in [1.82, 2.24) is 15.2 Å². The van der Waals surface area contributed by atoms with Gasteiger partial charge in [0, 0.05) is 30.5 Å². The van der Waals surface area contributed by atoms with Crippen LogP contribution in [0.4, 0.5) is 0 Å². The predicted molar refractivity (Wildman–Crippen MR) is 119 cm³/mol. The number of aromatic nitrogens is 1. The fourth-order valence-corrected chi connectivity index (χ4v) is 3.08. The summed E-state index contributed by atoms with van der Waals surface area (Å²) in [6.45, 7) is 2.13. The largest absolute Gasteiger partial charge is 0.484 e. The molecule has 31 heavy (non-hydrogen) atoms. The second-order valence-electron chi connectivity index (χ2n) is 7.00. The molecule has 2 amide bonds. The van der Waals surface area contributed by atoms with Crippen LogP contribution in [0.2, 0.25) is 5.02 Å². The number of hydrogen-bond donors (Lipinski definition) is 1. The second-order valence-corrected chi connectivity index (χ2v) is 7.44. The highest BCUT2D eigenvalue weighted by molar-refractivity contribution is 6.30. The molecule has 2 aromatic carbocycles. The van der Waals surface area contributed by atoms with Crippen LogP contribution in [0.1, 0.15) is 18.1 Å². The molecule has 1 N–H and O–H groups in total. The molecule has 1 aromatic heterocycles. The maximum Gasteiger partial charge on any atom is 0.261 e. The number of carbonyl (C=O) groups is 2. The zero-order valence-electron chi connectivity index (χ0n) is 17.2. The Morgan fingerprint density at radius 2 is 1.77 bits per heavy atom. The minimum absolute atomic E-state index is 0.169. The molecule has 3 aromatic rings. The smallest absolute Gasteiger partial charge is 0.261 e. The Morgan fingerprint density at radius 3 is 2.45 bits per heavy atom. The number of halogens is 1. The van der Waals surface area contributed by atoms with Crippen LogP contribution in [0.15, 0.2) is 79.1 Å². The molecule has 0 aliphatic carbocycles. The number of pyridine rings is 1. The van der Waals surface area contributed by atoms with E-state index in [1.807, 2.05) is 42.5 Å². The SMILES string of the molecule is C[C@@H](C(=O)NCc1cccnc1)N(Cc1ccc(Cl)cc1)C(=O)COc1ccccc1. The zero-order valence-corrected chi connectivity index (χ0v) is 18.0. The van der Waals surface area contributed by atoms with Gasteiger partial charge in [0.2, 0.25) is 5.91 Å². The third-order valence-electron chi connectivity index (χ3n) is 4.73. The van der Waals surface area contributed by atoms with Crippen LogP contribution in [-0.4, -0.2) is 34.3 Å². The van der Waals surface area contributed by atoms with Gasteiger partial charge in [0.25, 0.3) is 5.91 Å². The van der Waals surface area contributed by atoms with Crippen LogP contribution in [0.5, 0.6) is 5.75 Å². The van der Waals surface area contributed by atoms with Gasteiger partial charge in [-0.05, 0) is 48.4 Å². The van der Waals surface area contributed by atoms with Crippen molar-refractivity contribution in [3.8, 4) is 5.75 Å². The molecule has 0 fully saturated rings. The lowest BCUT2D eigenvalue weighted by Crippen LogP contribution is -2.48. The number of nitrogens with one attached hydrogen (secondary N) is 1. The fourth-order valence-electron chi connectivity index (χ4n) is 2.95. The minimum atomic E-state index is -0.695. The van der Waals surface area contributed by atoms with E-state index < -0.39 is 6.04 Å². The molecule has 1 heterocycles. The average Bonchev–Trinajstić information content (AvgIpc) is 2.81. The summed E-state index contributed by atoms with van der Waals surface area (Å²) in [5, 5.41) is 3.48. The van der Waals surface area contributed by atoms with Crippen molar-refractivity contribution in [1.29, 1.82) is 0 Å². The van der Waals surface area contributed by atoms with Crippen molar-refractivity contribution >= 4 is 23.4 Å². The molecule has 0 aliphatic rings. The molecule has 0 unspecified atom stereocenters. The molecular formula is C24H24ClN3O3. The first-order valence-corrected chi connectivity index (χ1v) is 10.3. The number of ether oxygens (including phenoxy) is 1. The molecule has 0 saturated heterocycles. The van der Waals surface area contributed by atoms with Crippen LogP contribution >= 0.6 is 11.6 Å². The van der Waals surface area contributed by atoms with Gasteiger partial charge < -0.3 is 15.0 Å². The van der Waals surface area contributed by atoms with Gasteiger partial charge in [-0.1, -0.05) is 48.0 Å². The molecule has 0 spiro atoms. The lowest BCUT2D eigenvalue weighted by Gasteiger charge is -2.28. The molecule has 0 radical (unpaired) electrons. The Kier molecular flexibility index (Phi) is 8.01. The molecular weight excluding hydrogens is 414 g/mol. The van der Waals surface area contributed by atoms with Crippen molar-refractivity contribution < 1.29 is 14.3 Å². The molecule has 0 aliphatic heterocycles. The summed E-state index contributed by atoms with van der Waals surface area (Å²) < 4.78 is 5.61. The van der Waals surface area contributed by atoms with Crippen molar-refractivity contribution in [3.05, 3.63) is 95.3 Å². The summed E-state index contributed by atoms with van der Waals surface area (Å²) in [5.41, 5.74) is 1.75. The van der Waals surface area contributed by atoms with Gasteiger partial charge in [0.15, 0.2) is 6.61 Å². The van der Waals surface area contributed by atoms with E-state index in [1.54, 1.807) is 43.6 Å². The summed E-state index contributed by atoms with van der Waals surface area (Å²) in [7, 11) is 0. The van der Waals surface area contributed by atoms with E-state index in [-0.39, 0.29) is 25.0 Å². The summed E-state index contributed by atoms with van der Waals surface area (Å²) >= 11 is 5.97. The lowest BCUT2D eigenvalue weighted by molar-refractivity contribution is -0.142. The fraction of sp³-hybridized carbons (Fsp3) is 0.208. The quantitative estimate of drug-likeness (QED) is 0.552. The molecule has 0 saturated carbocycles. The van der Waals surface area contributed by atoms with E-state index in [4.69, 9.17) is 16.3 Å². The summed E-state index contributed by atoms with van der Waals surface area (Å²) in [4.78, 5) is 31.3. The van der Waals surface area contributed by atoms with Gasteiger partial charge in [0.1, 0.15) is 11.8 Å². The molecule has 7 heteroatoms. The van der Waals surface area contributed by atoms with E-state index in [0.717, 1.165) is 11.1 Å². The maximum absolute atomic E-state index is 13.0. The number of rotatable bonds is 9. The van der Waals surface area contributed by atoms with E-state index in [1.165, 1.54) is 4.90 Å². The summed E-state index contributed by atoms with van der Waals surface area (Å²) in [5.74, 6) is 0.0460. The molecule has 3 rings (SSSR count). The zero-order chi connectivity index (χ0) is 22.1. The highest BCUT2D eigenvalue weighted by Gasteiger charge is 2.26. The van der Waals surface area contributed by atoms with E-state index in [9.17, 15) is 9.59 Å². The highest BCUT2D eigenvalue weighted by Crippen LogP contribution is 2.15. The predicted octanol–water partition coefficient (Wildman–Crippen LogP) is 3.85. The number of carbonyl (C=O) groups excluding carboxylic acids is 2. The Bertz CT molecular complexity index is 982. The van der Waals surface area contributed by atoms with Crippen LogP contribution in [0, 0.1) is 0 Å². The Balaban J connectivity index is 1.69. The molecule has 1 atom stereocenters. The first kappa shape index (κ1) is 22.3. The Morgan fingerprint density at radius 1 is 1.03 bits per heavy atom. The number of nitrogens with zero attached hydrogens (tertiary/aromatic N) is 2. The van der Waals surface area contributed by atoms with E-state index in [2.05, 4.69) is 10.3 Å². The van der Waals surface area contributed by atoms with Crippen LogP contribution < -0.4 is 10.1 Å². The van der Waals surface area contributed by atoms with Crippen molar-refractivity contribution in [2.75, 3.05) is 6.61 Å². The number of hydrogen-bond acceptors (Lipinski definition) is 4.